The van der Waals surface area contributed by atoms with Gasteiger partial charge >= 0.3 is 0 Å². The predicted octanol–water partition coefficient (Wildman–Crippen LogP) is 2.46. The largest absolute Gasteiger partial charge is 0.309 e. The molecule has 1 N–H and O–H groups in total. The maximum absolute atomic E-state index is 4.41. The molecule has 19 heavy (non-hydrogen) atoms. The van der Waals surface area contributed by atoms with Gasteiger partial charge in [0.1, 0.15) is 0 Å². The third kappa shape index (κ3) is 2.42. The van der Waals surface area contributed by atoms with Gasteiger partial charge in [0.15, 0.2) is 0 Å². The lowest BCUT2D eigenvalue weighted by molar-refractivity contribution is 0.402. The molecule has 2 aromatic heterocycles. The smallest absolute Gasteiger partial charge is 0.0995 e. The number of hydrogen-bond acceptors (Lipinski definition) is 3. The Kier molecular flexibility index (Phi) is 3.38. The molecule has 3 rings (SSSR count). The fourth-order valence-electron chi connectivity index (χ4n) is 2.62. The number of piperidine rings is 1. The maximum Gasteiger partial charge on any atom is 0.0995 e. The zero-order valence-corrected chi connectivity index (χ0v) is 11.6. The van der Waals surface area contributed by atoms with Crippen molar-refractivity contribution in [2.45, 2.75) is 45.2 Å². The van der Waals surface area contributed by atoms with Gasteiger partial charge in [0.05, 0.1) is 30.1 Å². The highest BCUT2D eigenvalue weighted by Gasteiger charge is 2.19. The Morgan fingerprint density at radius 1 is 1.32 bits per heavy atom. The molecular formula is C14H21N5. The third-order valence-electron chi connectivity index (χ3n) is 3.73. The fraction of sp³-hybridized carbons (Fsp3) is 0.571. The van der Waals surface area contributed by atoms with Crippen molar-refractivity contribution in [1.82, 2.24) is 24.6 Å². The first-order chi connectivity index (χ1) is 9.25. The first kappa shape index (κ1) is 12.4. The van der Waals surface area contributed by atoms with Crippen LogP contribution in [-0.4, -0.2) is 25.9 Å². The molecule has 0 aliphatic carbocycles. The van der Waals surface area contributed by atoms with E-state index in [1.165, 1.54) is 25.0 Å². The summed E-state index contributed by atoms with van der Waals surface area (Å²) in [7, 11) is 0. The monoisotopic (exact) mass is 259 g/mol. The van der Waals surface area contributed by atoms with E-state index in [9.17, 15) is 0 Å². The first-order valence-corrected chi connectivity index (χ1v) is 7.06. The van der Waals surface area contributed by atoms with Crippen LogP contribution >= 0.6 is 0 Å². The highest BCUT2D eigenvalue weighted by atomic mass is 15.3. The van der Waals surface area contributed by atoms with Crippen LogP contribution in [-0.2, 0) is 0 Å². The zero-order valence-electron chi connectivity index (χ0n) is 11.6. The summed E-state index contributed by atoms with van der Waals surface area (Å²) in [5.41, 5.74) is 2.33. The van der Waals surface area contributed by atoms with Crippen LogP contribution in [0.4, 0.5) is 0 Å². The van der Waals surface area contributed by atoms with Crippen LogP contribution in [0.15, 0.2) is 24.9 Å². The molecule has 1 fully saturated rings. The van der Waals surface area contributed by atoms with E-state index >= 15 is 0 Å². The normalized spacial score (nSPS) is 20.1. The Balaban J connectivity index is 1.89. The van der Waals surface area contributed by atoms with Crippen molar-refractivity contribution < 1.29 is 0 Å². The molecule has 2 aromatic rings. The van der Waals surface area contributed by atoms with E-state index in [0.29, 0.717) is 12.1 Å². The topological polar surface area (TPSA) is 47.7 Å². The fourth-order valence-corrected chi connectivity index (χ4v) is 2.62. The molecule has 0 amide bonds. The zero-order chi connectivity index (χ0) is 13.2. The number of nitrogens with zero attached hydrogens (tertiary/aromatic N) is 4. The van der Waals surface area contributed by atoms with Crippen LogP contribution in [0.25, 0.3) is 5.69 Å². The Hall–Kier alpha value is -1.62. The van der Waals surface area contributed by atoms with Gasteiger partial charge in [-0.05, 0) is 33.2 Å². The first-order valence-electron chi connectivity index (χ1n) is 7.06. The minimum absolute atomic E-state index is 0.383. The Bertz CT molecular complexity index is 534. The van der Waals surface area contributed by atoms with Gasteiger partial charge in [0, 0.05) is 18.3 Å². The average molecular weight is 259 g/mol. The van der Waals surface area contributed by atoms with Crippen LogP contribution in [0.5, 0.6) is 0 Å². The molecule has 102 valence electrons. The highest BCUT2D eigenvalue weighted by molar-refractivity contribution is 5.29. The van der Waals surface area contributed by atoms with Crippen LogP contribution < -0.4 is 5.32 Å². The lowest BCUT2D eigenvalue weighted by Gasteiger charge is -2.24. The van der Waals surface area contributed by atoms with Gasteiger partial charge < -0.3 is 5.32 Å². The number of imidazole rings is 1. The van der Waals surface area contributed by atoms with Gasteiger partial charge in [0.2, 0.25) is 0 Å². The molecule has 1 aliphatic heterocycles. The Morgan fingerprint density at radius 2 is 2.21 bits per heavy atom. The summed E-state index contributed by atoms with van der Waals surface area (Å²) < 4.78 is 4.13. The molecule has 5 nitrogen and oxygen atoms in total. The van der Waals surface area contributed by atoms with Crippen molar-refractivity contribution in [3.05, 3.63) is 30.6 Å². The summed E-state index contributed by atoms with van der Waals surface area (Å²) >= 11 is 0. The molecule has 1 atom stereocenters. The SMILES string of the molecule is CC(C)n1cc(-n2cncc2C2CCCCN2)cn1. The van der Waals surface area contributed by atoms with Crippen LogP contribution in [0.1, 0.15) is 50.9 Å². The van der Waals surface area contributed by atoms with Gasteiger partial charge in [-0.15, -0.1) is 0 Å². The molecule has 0 saturated carbocycles. The molecule has 5 heteroatoms. The highest BCUT2D eigenvalue weighted by Crippen LogP contribution is 2.25. The van der Waals surface area contributed by atoms with E-state index in [4.69, 9.17) is 0 Å². The summed E-state index contributed by atoms with van der Waals surface area (Å²) in [6.45, 7) is 5.36. The number of hydrogen-bond donors (Lipinski definition) is 1. The quantitative estimate of drug-likeness (QED) is 0.921. The second kappa shape index (κ2) is 5.17. The van der Waals surface area contributed by atoms with E-state index in [1.807, 2.05) is 23.4 Å². The molecule has 1 saturated heterocycles. The van der Waals surface area contributed by atoms with Gasteiger partial charge in [-0.1, -0.05) is 6.42 Å². The molecule has 1 aliphatic rings. The van der Waals surface area contributed by atoms with Crippen molar-refractivity contribution in [2.75, 3.05) is 6.54 Å². The molecule has 1 unspecified atom stereocenters. The molecule has 3 heterocycles. The van der Waals surface area contributed by atoms with Crippen molar-refractivity contribution in [3.8, 4) is 5.69 Å². The molecular weight excluding hydrogens is 238 g/mol. The summed E-state index contributed by atoms with van der Waals surface area (Å²) in [4.78, 5) is 4.31. The number of nitrogens with one attached hydrogen (secondary N) is 1. The predicted molar refractivity (Wildman–Crippen MR) is 74.3 cm³/mol. The van der Waals surface area contributed by atoms with E-state index < -0.39 is 0 Å². The van der Waals surface area contributed by atoms with Crippen molar-refractivity contribution in [3.63, 3.8) is 0 Å². The van der Waals surface area contributed by atoms with E-state index in [-0.39, 0.29) is 0 Å². The van der Waals surface area contributed by atoms with Crippen LogP contribution in [0, 0.1) is 0 Å². The Labute approximate surface area is 113 Å². The standard InChI is InChI=1S/C14H21N5/c1-11(2)19-9-12(7-17-19)18-10-15-8-14(18)13-5-3-4-6-16-13/h7-11,13,16H,3-6H2,1-2H3. The minimum Gasteiger partial charge on any atom is -0.309 e. The Morgan fingerprint density at radius 3 is 2.89 bits per heavy atom. The second-order valence-corrected chi connectivity index (χ2v) is 5.46. The van der Waals surface area contributed by atoms with E-state index in [1.54, 1.807) is 0 Å². The van der Waals surface area contributed by atoms with E-state index in [0.717, 1.165) is 12.2 Å². The summed E-state index contributed by atoms with van der Waals surface area (Å²) in [6.07, 6.45) is 11.6. The van der Waals surface area contributed by atoms with Crippen LogP contribution in [0.2, 0.25) is 0 Å². The van der Waals surface area contributed by atoms with Gasteiger partial charge in [-0.3, -0.25) is 9.25 Å². The molecule has 0 spiro atoms. The van der Waals surface area contributed by atoms with Gasteiger partial charge in [0.25, 0.3) is 0 Å². The number of aromatic nitrogens is 4. The molecule has 0 aromatic carbocycles. The average Bonchev–Trinajstić information content (AvgIpc) is 3.08. The lowest BCUT2D eigenvalue weighted by Crippen LogP contribution is -2.28. The van der Waals surface area contributed by atoms with Crippen molar-refractivity contribution >= 4 is 0 Å². The van der Waals surface area contributed by atoms with Gasteiger partial charge in [-0.2, -0.15) is 5.10 Å². The van der Waals surface area contributed by atoms with Crippen LogP contribution in [0.3, 0.4) is 0 Å². The summed E-state index contributed by atoms with van der Waals surface area (Å²) in [5.74, 6) is 0. The van der Waals surface area contributed by atoms with Gasteiger partial charge in [-0.25, -0.2) is 4.98 Å². The van der Waals surface area contributed by atoms with Crippen molar-refractivity contribution in [1.29, 1.82) is 0 Å². The van der Waals surface area contributed by atoms with E-state index in [2.05, 4.69) is 40.0 Å². The minimum atomic E-state index is 0.383. The lowest BCUT2D eigenvalue weighted by atomic mass is 10.0. The third-order valence-corrected chi connectivity index (χ3v) is 3.73. The van der Waals surface area contributed by atoms with Crippen molar-refractivity contribution in [2.24, 2.45) is 0 Å². The maximum atomic E-state index is 4.41. The summed E-state index contributed by atoms with van der Waals surface area (Å²) in [6, 6.07) is 0.798. The second-order valence-electron chi connectivity index (χ2n) is 5.46. The molecule has 0 radical (unpaired) electrons. The number of rotatable bonds is 3. The summed E-state index contributed by atoms with van der Waals surface area (Å²) in [5, 5.41) is 7.98. The molecule has 0 bridgehead atoms.